The molecule has 0 aliphatic rings. The zero-order valence-electron chi connectivity index (χ0n) is 7.51. The van der Waals surface area contributed by atoms with E-state index in [9.17, 15) is 18.0 Å². The number of hydrogen-bond donors (Lipinski definition) is 1. The van der Waals surface area contributed by atoms with E-state index in [0.717, 1.165) is 16.3 Å². The predicted octanol–water partition coefficient (Wildman–Crippen LogP) is 1.53. The molecule has 86 valence electrons. The van der Waals surface area contributed by atoms with Gasteiger partial charge in [0.15, 0.2) is 5.16 Å². The van der Waals surface area contributed by atoms with E-state index in [0.29, 0.717) is 0 Å². The molecule has 1 N–H and O–H groups in total. The smallest absolute Gasteiger partial charge is 0.273 e. The molecule has 0 spiro atoms. The number of rotatable bonds is 3. The molecule has 0 aliphatic heterocycles. The first-order valence-electron chi connectivity index (χ1n) is 3.77. The standard InChI is InChI=1S/C6H7BrF3N3OS/c1-13-4(14)11-12-5(13)15-2-3(7)6(8,9)10/h3H,2H2,1H3,(H,11,14). The molecule has 0 saturated heterocycles. The fraction of sp³-hybridized carbons (Fsp3) is 0.667. The summed E-state index contributed by atoms with van der Waals surface area (Å²) < 4.78 is 37.5. The molecule has 0 fully saturated rings. The van der Waals surface area contributed by atoms with Crippen LogP contribution in [0.4, 0.5) is 13.2 Å². The Morgan fingerprint density at radius 1 is 1.67 bits per heavy atom. The Kier molecular flexibility index (Phi) is 3.87. The second-order valence-electron chi connectivity index (χ2n) is 2.69. The highest BCUT2D eigenvalue weighted by atomic mass is 79.9. The number of aromatic amines is 1. The minimum atomic E-state index is -4.29. The van der Waals surface area contributed by atoms with Crippen LogP contribution in [0, 0.1) is 0 Å². The van der Waals surface area contributed by atoms with Crippen LogP contribution < -0.4 is 5.69 Å². The third-order valence-electron chi connectivity index (χ3n) is 1.55. The van der Waals surface area contributed by atoms with E-state index >= 15 is 0 Å². The number of H-pyrrole nitrogens is 1. The first kappa shape index (κ1) is 12.6. The summed E-state index contributed by atoms with van der Waals surface area (Å²) >= 11 is 3.37. The summed E-state index contributed by atoms with van der Waals surface area (Å²) in [5.41, 5.74) is -0.448. The minimum absolute atomic E-state index is 0.230. The lowest BCUT2D eigenvalue weighted by atomic mass is 10.5. The summed E-state index contributed by atoms with van der Waals surface area (Å²) in [7, 11) is 1.44. The zero-order chi connectivity index (χ0) is 11.6. The summed E-state index contributed by atoms with van der Waals surface area (Å²) in [5.74, 6) is -0.234. The molecule has 0 aliphatic carbocycles. The monoisotopic (exact) mass is 305 g/mol. The third kappa shape index (κ3) is 3.26. The van der Waals surface area contributed by atoms with Gasteiger partial charge in [-0.2, -0.15) is 13.2 Å². The molecule has 0 bridgehead atoms. The number of hydrogen-bond acceptors (Lipinski definition) is 3. The van der Waals surface area contributed by atoms with Gasteiger partial charge in [-0.1, -0.05) is 27.7 Å². The highest BCUT2D eigenvalue weighted by Gasteiger charge is 2.37. The van der Waals surface area contributed by atoms with Crippen LogP contribution in [-0.4, -0.2) is 31.5 Å². The molecule has 9 heteroatoms. The molecule has 1 atom stereocenters. The van der Waals surface area contributed by atoms with Crippen LogP contribution in [0.1, 0.15) is 0 Å². The van der Waals surface area contributed by atoms with Gasteiger partial charge in [0.2, 0.25) is 0 Å². The Labute approximate surface area is 95.4 Å². The lowest BCUT2D eigenvalue weighted by Crippen LogP contribution is -2.25. The van der Waals surface area contributed by atoms with Crippen molar-refractivity contribution in [2.75, 3.05) is 5.75 Å². The van der Waals surface area contributed by atoms with Crippen molar-refractivity contribution in [2.24, 2.45) is 7.05 Å². The van der Waals surface area contributed by atoms with Gasteiger partial charge in [0.05, 0.1) is 0 Å². The summed E-state index contributed by atoms with van der Waals surface area (Å²) in [4.78, 5) is 9.27. The first-order valence-corrected chi connectivity index (χ1v) is 5.67. The van der Waals surface area contributed by atoms with Gasteiger partial charge in [0.25, 0.3) is 0 Å². The topological polar surface area (TPSA) is 50.7 Å². The normalized spacial score (nSPS) is 14.2. The van der Waals surface area contributed by atoms with Crippen molar-refractivity contribution in [1.82, 2.24) is 14.8 Å². The Hall–Kier alpha value is -0.440. The molecule has 0 saturated carbocycles. The molecule has 1 aromatic rings. The third-order valence-corrected chi connectivity index (χ3v) is 3.95. The largest absolute Gasteiger partial charge is 0.402 e. The second kappa shape index (κ2) is 4.60. The van der Waals surface area contributed by atoms with Crippen molar-refractivity contribution >= 4 is 27.7 Å². The zero-order valence-corrected chi connectivity index (χ0v) is 9.91. The summed E-state index contributed by atoms with van der Waals surface area (Å²) in [6.07, 6.45) is -4.29. The van der Waals surface area contributed by atoms with E-state index in [1.54, 1.807) is 0 Å². The van der Waals surface area contributed by atoms with Crippen molar-refractivity contribution in [3.63, 3.8) is 0 Å². The van der Waals surface area contributed by atoms with Crippen molar-refractivity contribution in [1.29, 1.82) is 0 Å². The lowest BCUT2D eigenvalue weighted by molar-refractivity contribution is -0.122. The summed E-state index contributed by atoms with van der Waals surface area (Å²) in [5, 5.41) is 5.94. The first-order chi connectivity index (χ1) is 6.82. The van der Waals surface area contributed by atoms with E-state index in [2.05, 4.69) is 26.1 Å². The van der Waals surface area contributed by atoms with Gasteiger partial charge >= 0.3 is 11.9 Å². The number of halogens is 4. The van der Waals surface area contributed by atoms with E-state index in [1.165, 1.54) is 7.05 Å². The number of nitrogens with zero attached hydrogens (tertiary/aromatic N) is 2. The van der Waals surface area contributed by atoms with Crippen molar-refractivity contribution in [2.45, 2.75) is 16.2 Å². The summed E-state index contributed by atoms with van der Waals surface area (Å²) in [6, 6.07) is 0. The van der Waals surface area contributed by atoms with Crippen molar-refractivity contribution in [3.05, 3.63) is 10.5 Å². The van der Waals surface area contributed by atoms with Gasteiger partial charge in [0, 0.05) is 12.8 Å². The Morgan fingerprint density at radius 3 is 2.67 bits per heavy atom. The van der Waals surface area contributed by atoms with Crippen LogP contribution >= 0.6 is 27.7 Å². The van der Waals surface area contributed by atoms with Gasteiger partial charge in [0.1, 0.15) is 4.83 Å². The molecule has 0 amide bonds. The van der Waals surface area contributed by atoms with Crippen LogP contribution in [0.5, 0.6) is 0 Å². The fourth-order valence-corrected chi connectivity index (χ4v) is 1.97. The van der Waals surface area contributed by atoms with Crippen LogP contribution in [0.15, 0.2) is 9.95 Å². The van der Waals surface area contributed by atoms with E-state index < -0.39 is 16.7 Å². The predicted molar refractivity (Wildman–Crippen MR) is 53.3 cm³/mol. The number of thioether (sulfide) groups is 1. The number of alkyl halides is 4. The average molecular weight is 306 g/mol. The van der Waals surface area contributed by atoms with Crippen LogP contribution in [0.3, 0.4) is 0 Å². The molecule has 1 unspecified atom stereocenters. The molecule has 4 nitrogen and oxygen atoms in total. The molecular formula is C6H7BrF3N3OS. The van der Waals surface area contributed by atoms with E-state index in [4.69, 9.17) is 0 Å². The molecule has 15 heavy (non-hydrogen) atoms. The highest BCUT2D eigenvalue weighted by Crippen LogP contribution is 2.30. The molecule has 1 heterocycles. The average Bonchev–Trinajstić information content (AvgIpc) is 2.43. The lowest BCUT2D eigenvalue weighted by Gasteiger charge is -2.12. The molecule has 1 rings (SSSR count). The van der Waals surface area contributed by atoms with E-state index in [1.807, 2.05) is 0 Å². The number of nitrogens with one attached hydrogen (secondary N) is 1. The van der Waals surface area contributed by atoms with Crippen molar-refractivity contribution < 1.29 is 13.2 Å². The molecular weight excluding hydrogens is 299 g/mol. The SMILES string of the molecule is Cn1c(SCC(Br)C(F)(F)F)n[nH]c1=O. The minimum Gasteiger partial charge on any atom is -0.273 e. The van der Waals surface area contributed by atoms with E-state index in [-0.39, 0.29) is 10.9 Å². The van der Waals surface area contributed by atoms with Gasteiger partial charge in [-0.05, 0) is 0 Å². The van der Waals surface area contributed by atoms with Gasteiger partial charge in [-0.3, -0.25) is 4.57 Å². The maximum Gasteiger partial charge on any atom is 0.402 e. The molecule has 0 aromatic carbocycles. The fourth-order valence-electron chi connectivity index (χ4n) is 0.704. The van der Waals surface area contributed by atoms with Gasteiger partial charge in [-0.15, -0.1) is 5.10 Å². The number of aromatic nitrogens is 3. The maximum atomic E-state index is 12.1. The molecule has 0 radical (unpaired) electrons. The van der Waals surface area contributed by atoms with Crippen LogP contribution in [-0.2, 0) is 7.05 Å². The van der Waals surface area contributed by atoms with Crippen LogP contribution in [0.25, 0.3) is 0 Å². The Morgan fingerprint density at radius 2 is 2.27 bits per heavy atom. The van der Waals surface area contributed by atoms with Gasteiger partial charge < -0.3 is 0 Å². The second-order valence-corrected chi connectivity index (χ2v) is 4.78. The Bertz CT molecular complexity index is 388. The van der Waals surface area contributed by atoms with Gasteiger partial charge in [-0.25, -0.2) is 9.89 Å². The Balaban J connectivity index is 2.58. The molecule has 1 aromatic heterocycles. The summed E-state index contributed by atoms with van der Waals surface area (Å²) in [6.45, 7) is 0. The van der Waals surface area contributed by atoms with Crippen LogP contribution in [0.2, 0.25) is 0 Å². The highest BCUT2D eigenvalue weighted by molar-refractivity contribution is 9.09. The maximum absolute atomic E-state index is 12.1. The van der Waals surface area contributed by atoms with Crippen molar-refractivity contribution in [3.8, 4) is 0 Å². The quantitative estimate of drug-likeness (QED) is 0.680.